The Kier molecular flexibility index (Phi) is 7.81. The van der Waals surface area contributed by atoms with Gasteiger partial charge in [0.1, 0.15) is 6.61 Å². The molecule has 1 saturated carbocycles. The minimum atomic E-state index is -1.01. The lowest BCUT2D eigenvalue weighted by atomic mass is 9.91. The number of hydroxylamine groups is 1. The number of benzene rings is 2. The SMILES string of the molecule is CN(C)C1CCN(C(=O)[C@]2(Cc3ccc(OCc4cc(-c5ccncc5)nc5ccccc45)c(F)c3)CC2C(=O)NO)C1. The average molecular weight is 584 g/mol. The van der Waals surface area contributed by atoms with Gasteiger partial charge >= 0.3 is 0 Å². The van der Waals surface area contributed by atoms with Gasteiger partial charge in [0.2, 0.25) is 11.8 Å². The number of likely N-dealkylation sites (N-methyl/N-ethyl adjacent to an activating group) is 1. The van der Waals surface area contributed by atoms with E-state index in [9.17, 15) is 14.8 Å². The fourth-order valence-corrected chi connectivity index (χ4v) is 6.23. The van der Waals surface area contributed by atoms with E-state index in [-0.39, 0.29) is 30.7 Å². The zero-order chi connectivity index (χ0) is 30.1. The number of para-hydroxylation sites is 1. The highest BCUT2D eigenvalue weighted by Gasteiger charge is 2.64. The van der Waals surface area contributed by atoms with Crippen LogP contribution in [0.4, 0.5) is 4.39 Å². The molecule has 2 N–H and O–H groups in total. The summed E-state index contributed by atoms with van der Waals surface area (Å²) in [6.07, 6.45) is 4.76. The Labute approximate surface area is 249 Å². The van der Waals surface area contributed by atoms with Crippen LogP contribution < -0.4 is 10.2 Å². The molecule has 0 spiro atoms. The van der Waals surface area contributed by atoms with Crippen LogP contribution in [0.5, 0.6) is 5.75 Å². The number of carbonyl (C=O) groups excluding carboxylic acids is 2. The zero-order valence-electron chi connectivity index (χ0n) is 24.2. The molecule has 2 aliphatic rings. The number of fused-ring (bicyclic) bond motifs is 1. The van der Waals surface area contributed by atoms with Gasteiger partial charge in [0.05, 0.1) is 22.5 Å². The maximum Gasteiger partial charge on any atom is 0.247 e. The van der Waals surface area contributed by atoms with E-state index in [4.69, 9.17) is 9.72 Å². The number of pyridine rings is 2. The van der Waals surface area contributed by atoms with Gasteiger partial charge in [-0.25, -0.2) is 14.9 Å². The minimum absolute atomic E-state index is 0.0873. The van der Waals surface area contributed by atoms with Crippen LogP contribution in [0.25, 0.3) is 22.2 Å². The van der Waals surface area contributed by atoms with Crippen LogP contribution in [0.1, 0.15) is 24.0 Å². The van der Waals surface area contributed by atoms with Crippen molar-refractivity contribution in [3.8, 4) is 17.0 Å². The van der Waals surface area contributed by atoms with Crippen LogP contribution in [0.3, 0.4) is 0 Å². The molecule has 0 bridgehead atoms. The molecule has 2 unspecified atom stereocenters. The number of nitrogens with one attached hydrogen (secondary N) is 1. The zero-order valence-corrected chi connectivity index (χ0v) is 24.2. The molecule has 1 aliphatic carbocycles. The maximum absolute atomic E-state index is 15.4. The van der Waals surface area contributed by atoms with Crippen LogP contribution >= 0.6 is 0 Å². The van der Waals surface area contributed by atoms with Crippen molar-refractivity contribution in [2.24, 2.45) is 11.3 Å². The largest absolute Gasteiger partial charge is 0.486 e. The maximum atomic E-state index is 15.4. The van der Waals surface area contributed by atoms with Crippen molar-refractivity contribution in [1.29, 1.82) is 0 Å². The molecule has 2 amide bonds. The molecular weight excluding hydrogens is 549 g/mol. The fraction of sp³-hybridized carbons (Fsp3) is 0.333. The third kappa shape index (κ3) is 5.68. The van der Waals surface area contributed by atoms with Gasteiger partial charge in [-0.15, -0.1) is 0 Å². The molecule has 1 aliphatic heterocycles. The summed E-state index contributed by atoms with van der Waals surface area (Å²) in [6.45, 7) is 1.31. The Morgan fingerprint density at radius 3 is 2.65 bits per heavy atom. The Hall–Kier alpha value is -4.41. The second-order valence-corrected chi connectivity index (χ2v) is 11.7. The minimum Gasteiger partial charge on any atom is -0.486 e. The Bertz CT molecular complexity index is 1670. The number of carbonyl (C=O) groups is 2. The first-order valence-electron chi connectivity index (χ1n) is 14.4. The van der Waals surface area contributed by atoms with Gasteiger partial charge in [-0.1, -0.05) is 24.3 Å². The average Bonchev–Trinajstić information content (AvgIpc) is 3.52. The summed E-state index contributed by atoms with van der Waals surface area (Å²) in [4.78, 5) is 38.8. The number of likely N-dealkylation sites (tertiary alicyclic amines) is 1. The van der Waals surface area contributed by atoms with E-state index < -0.39 is 23.1 Å². The highest BCUT2D eigenvalue weighted by atomic mass is 19.1. The Morgan fingerprint density at radius 1 is 1.14 bits per heavy atom. The van der Waals surface area contributed by atoms with E-state index in [1.54, 1.807) is 34.9 Å². The second-order valence-electron chi connectivity index (χ2n) is 11.7. The molecule has 6 rings (SSSR count). The molecule has 1 saturated heterocycles. The monoisotopic (exact) mass is 583 g/mol. The van der Waals surface area contributed by atoms with Crippen molar-refractivity contribution >= 4 is 22.7 Å². The smallest absolute Gasteiger partial charge is 0.247 e. The number of hydrogen-bond acceptors (Lipinski definition) is 7. The van der Waals surface area contributed by atoms with Crippen LogP contribution in [0.15, 0.2) is 73.1 Å². The van der Waals surface area contributed by atoms with E-state index in [1.165, 1.54) is 6.07 Å². The topological polar surface area (TPSA) is 108 Å². The number of nitrogens with zero attached hydrogens (tertiary/aromatic N) is 4. The third-order valence-electron chi connectivity index (χ3n) is 8.79. The van der Waals surface area contributed by atoms with Crippen molar-refractivity contribution in [3.63, 3.8) is 0 Å². The highest BCUT2D eigenvalue weighted by Crippen LogP contribution is 2.56. The first-order valence-corrected chi connectivity index (χ1v) is 14.4. The van der Waals surface area contributed by atoms with Gasteiger partial charge in [0, 0.05) is 48.0 Å². The van der Waals surface area contributed by atoms with Crippen LogP contribution in [0, 0.1) is 17.2 Å². The molecule has 2 aromatic heterocycles. The van der Waals surface area contributed by atoms with E-state index in [1.807, 2.05) is 56.6 Å². The molecule has 4 aromatic rings. The summed E-state index contributed by atoms with van der Waals surface area (Å²) in [5.74, 6) is -1.85. The number of hydrogen-bond donors (Lipinski definition) is 2. The summed E-state index contributed by atoms with van der Waals surface area (Å²) >= 11 is 0. The van der Waals surface area contributed by atoms with Crippen LogP contribution in [-0.4, -0.2) is 70.0 Å². The van der Waals surface area contributed by atoms with Gasteiger partial charge in [-0.2, -0.15) is 0 Å². The number of halogens is 1. The lowest BCUT2D eigenvalue weighted by molar-refractivity contribution is -0.140. The molecular formula is C33H34FN5O4. The number of amides is 2. The molecule has 2 aromatic carbocycles. The molecule has 0 radical (unpaired) electrons. The second kappa shape index (κ2) is 11.7. The van der Waals surface area contributed by atoms with Gasteiger partial charge in [0.25, 0.3) is 0 Å². The first kappa shape index (κ1) is 28.7. The Morgan fingerprint density at radius 2 is 1.93 bits per heavy atom. The normalized spacial score (nSPS) is 21.3. The Balaban J connectivity index is 1.21. The van der Waals surface area contributed by atoms with Gasteiger partial charge in [-0.3, -0.25) is 19.8 Å². The van der Waals surface area contributed by atoms with Crippen molar-refractivity contribution in [2.75, 3.05) is 27.2 Å². The molecule has 3 heterocycles. The summed E-state index contributed by atoms with van der Waals surface area (Å²) in [6, 6.07) is 18.4. The van der Waals surface area contributed by atoms with Crippen molar-refractivity contribution in [2.45, 2.75) is 31.9 Å². The van der Waals surface area contributed by atoms with E-state index in [0.717, 1.165) is 34.1 Å². The standard InChI is InChI=1S/C33H34FN5O4/c1-38(2)24-11-14-39(19-24)32(41)33(18-26(33)31(40)37-42)17-21-7-8-30(27(34)15-21)43-20-23-16-29(22-9-12-35-13-10-22)36-28-6-4-3-5-25(23)28/h3-10,12-13,15-16,24,26,42H,11,14,17-20H2,1-2H3,(H,37,40)/t24?,26?,33-/m1/s1. The molecule has 2 fully saturated rings. The third-order valence-corrected chi connectivity index (χ3v) is 8.79. The van der Waals surface area contributed by atoms with E-state index >= 15 is 4.39 Å². The molecule has 43 heavy (non-hydrogen) atoms. The number of aromatic nitrogens is 2. The van der Waals surface area contributed by atoms with Gasteiger partial charge in [-0.05, 0) is 75.3 Å². The summed E-state index contributed by atoms with van der Waals surface area (Å²) < 4.78 is 21.4. The lowest BCUT2D eigenvalue weighted by Gasteiger charge is -2.25. The van der Waals surface area contributed by atoms with Crippen molar-refractivity contribution in [3.05, 3.63) is 90.0 Å². The van der Waals surface area contributed by atoms with Crippen molar-refractivity contribution < 1.29 is 23.9 Å². The summed E-state index contributed by atoms with van der Waals surface area (Å²) in [5, 5.41) is 10.2. The van der Waals surface area contributed by atoms with E-state index in [2.05, 4.69) is 9.88 Å². The van der Waals surface area contributed by atoms with Crippen LogP contribution in [-0.2, 0) is 22.6 Å². The predicted octanol–water partition coefficient (Wildman–Crippen LogP) is 4.23. The quantitative estimate of drug-likeness (QED) is 0.224. The molecule has 222 valence electrons. The van der Waals surface area contributed by atoms with Crippen molar-refractivity contribution in [1.82, 2.24) is 25.2 Å². The summed E-state index contributed by atoms with van der Waals surface area (Å²) in [5.41, 5.74) is 4.63. The fourth-order valence-electron chi connectivity index (χ4n) is 6.23. The lowest BCUT2D eigenvalue weighted by Crippen LogP contribution is -2.41. The van der Waals surface area contributed by atoms with E-state index in [0.29, 0.717) is 25.1 Å². The highest BCUT2D eigenvalue weighted by molar-refractivity contribution is 5.96. The number of ether oxygens (including phenoxy) is 1. The molecule has 9 nitrogen and oxygen atoms in total. The number of rotatable bonds is 9. The van der Waals surface area contributed by atoms with Gasteiger partial charge < -0.3 is 14.5 Å². The first-order chi connectivity index (χ1) is 20.8. The van der Waals surface area contributed by atoms with Gasteiger partial charge in [0.15, 0.2) is 11.6 Å². The predicted molar refractivity (Wildman–Crippen MR) is 159 cm³/mol. The van der Waals surface area contributed by atoms with Crippen LogP contribution in [0.2, 0.25) is 0 Å². The molecule has 10 heteroatoms. The summed E-state index contributed by atoms with van der Waals surface area (Å²) in [7, 11) is 3.97. The molecule has 3 atom stereocenters.